The molecule has 2 rings (SSSR count). The molecule has 0 unspecified atom stereocenters. The van der Waals surface area contributed by atoms with Gasteiger partial charge in [-0.15, -0.1) is 0 Å². The highest BCUT2D eigenvalue weighted by atomic mass is 32.2. The third-order valence-electron chi connectivity index (χ3n) is 2.98. The van der Waals surface area contributed by atoms with Crippen LogP contribution in [0.1, 0.15) is 0 Å². The Morgan fingerprint density at radius 3 is 2.32 bits per heavy atom. The normalized spacial score (nSPS) is 13.0. The molecule has 0 spiro atoms. The van der Waals surface area contributed by atoms with E-state index in [-0.39, 0.29) is 5.75 Å². The molecule has 0 aliphatic heterocycles. The minimum Gasteiger partial charge on any atom is -0.376 e. The van der Waals surface area contributed by atoms with E-state index in [2.05, 4.69) is 16.3 Å². The van der Waals surface area contributed by atoms with Crippen molar-refractivity contribution in [3.63, 3.8) is 0 Å². The van der Waals surface area contributed by atoms with Gasteiger partial charge in [0, 0.05) is 5.39 Å². The third-order valence-corrected chi connectivity index (χ3v) is 5.96. The van der Waals surface area contributed by atoms with Gasteiger partial charge >= 0.3 is 15.6 Å². The van der Waals surface area contributed by atoms with Gasteiger partial charge in [0.05, 0.1) is 8.07 Å². The predicted molar refractivity (Wildman–Crippen MR) is 80.2 cm³/mol. The molecule has 0 aliphatic rings. The summed E-state index contributed by atoms with van der Waals surface area (Å²) in [7, 11) is -7.89. The van der Waals surface area contributed by atoms with E-state index in [9.17, 15) is 21.6 Å². The second kappa shape index (κ2) is 5.17. The first-order valence-electron chi connectivity index (χ1n) is 6.30. The van der Waals surface area contributed by atoms with Crippen molar-refractivity contribution in [3.8, 4) is 5.75 Å². The predicted octanol–water partition coefficient (Wildman–Crippen LogP) is 3.21. The fraction of sp³-hybridized carbons (Fsp3) is 0.286. The molecule has 0 aliphatic carbocycles. The van der Waals surface area contributed by atoms with Crippen molar-refractivity contribution in [2.45, 2.75) is 25.1 Å². The summed E-state index contributed by atoms with van der Waals surface area (Å²) in [6, 6.07) is 11.6. The molecular formula is C14H13F3O3SSi. The zero-order valence-corrected chi connectivity index (χ0v) is 13.9. The Kier molecular flexibility index (Phi) is 3.91. The van der Waals surface area contributed by atoms with Crippen molar-refractivity contribution < 1.29 is 25.8 Å². The zero-order valence-electron chi connectivity index (χ0n) is 12.1. The summed E-state index contributed by atoms with van der Waals surface area (Å²) < 4.78 is 64.6. The number of alkyl halides is 3. The van der Waals surface area contributed by atoms with Crippen molar-refractivity contribution in [2.24, 2.45) is 0 Å². The fourth-order valence-corrected chi connectivity index (χ4v) is 4.58. The van der Waals surface area contributed by atoms with Crippen LogP contribution in [0.4, 0.5) is 13.2 Å². The van der Waals surface area contributed by atoms with Crippen molar-refractivity contribution >= 4 is 34.2 Å². The SMILES string of the molecule is C[Si](C)(C)c1c(OS(=O)(=O)C(F)(F)F)ccc2c#cccc12. The van der Waals surface area contributed by atoms with Crippen LogP contribution in [0.3, 0.4) is 0 Å². The quantitative estimate of drug-likeness (QED) is 0.487. The van der Waals surface area contributed by atoms with Crippen LogP contribution in [0.25, 0.3) is 10.8 Å². The maximum atomic E-state index is 12.5. The minimum absolute atomic E-state index is 0.274. The Balaban J connectivity index is 2.70. The van der Waals surface area contributed by atoms with Crippen LogP contribution in [-0.4, -0.2) is 22.0 Å². The Hall–Kier alpha value is -1.72. The van der Waals surface area contributed by atoms with E-state index < -0.39 is 23.7 Å². The summed E-state index contributed by atoms with van der Waals surface area (Å²) in [5.74, 6) is -0.274. The van der Waals surface area contributed by atoms with Gasteiger partial charge < -0.3 is 4.18 Å². The molecule has 22 heavy (non-hydrogen) atoms. The maximum Gasteiger partial charge on any atom is 0.534 e. The molecule has 0 aromatic heterocycles. The minimum atomic E-state index is -5.70. The lowest BCUT2D eigenvalue weighted by molar-refractivity contribution is -0.0499. The van der Waals surface area contributed by atoms with Gasteiger partial charge in [0.1, 0.15) is 5.75 Å². The summed E-state index contributed by atoms with van der Waals surface area (Å²) in [5, 5.41) is 1.78. The summed E-state index contributed by atoms with van der Waals surface area (Å²) in [6.07, 6.45) is 0. The lowest BCUT2D eigenvalue weighted by Crippen LogP contribution is -2.41. The largest absolute Gasteiger partial charge is 0.534 e. The van der Waals surface area contributed by atoms with Gasteiger partial charge in [-0.2, -0.15) is 21.6 Å². The van der Waals surface area contributed by atoms with Gasteiger partial charge in [-0.25, -0.2) is 0 Å². The first-order valence-corrected chi connectivity index (χ1v) is 11.2. The summed E-state index contributed by atoms with van der Waals surface area (Å²) in [6.45, 7) is 5.68. The van der Waals surface area contributed by atoms with Gasteiger partial charge in [0.2, 0.25) is 0 Å². The molecule has 0 atom stereocenters. The Bertz CT molecular complexity index is 808. The molecule has 0 fully saturated rings. The van der Waals surface area contributed by atoms with Gasteiger partial charge in [-0.1, -0.05) is 31.8 Å². The molecular weight excluding hydrogens is 333 g/mol. The molecule has 2 aromatic rings. The molecule has 0 heterocycles. The Morgan fingerprint density at radius 1 is 1.14 bits per heavy atom. The first-order chi connectivity index (χ1) is 9.93. The highest BCUT2D eigenvalue weighted by molar-refractivity contribution is 7.88. The van der Waals surface area contributed by atoms with E-state index in [1.165, 1.54) is 12.1 Å². The van der Waals surface area contributed by atoms with E-state index in [0.29, 0.717) is 16.0 Å². The number of halogens is 3. The smallest absolute Gasteiger partial charge is 0.376 e. The van der Waals surface area contributed by atoms with Crippen molar-refractivity contribution in [3.05, 3.63) is 36.4 Å². The highest BCUT2D eigenvalue weighted by Gasteiger charge is 2.49. The lowest BCUT2D eigenvalue weighted by Gasteiger charge is -2.22. The molecule has 0 radical (unpaired) electrons. The monoisotopic (exact) mass is 346 g/mol. The van der Waals surface area contributed by atoms with Crippen LogP contribution in [0.5, 0.6) is 5.75 Å². The lowest BCUT2D eigenvalue weighted by atomic mass is 10.1. The van der Waals surface area contributed by atoms with Crippen LogP contribution in [-0.2, 0) is 10.1 Å². The van der Waals surface area contributed by atoms with Crippen LogP contribution in [0.2, 0.25) is 19.6 Å². The summed E-state index contributed by atoms with van der Waals surface area (Å²) >= 11 is 0. The van der Waals surface area contributed by atoms with E-state index in [1.54, 1.807) is 12.1 Å². The number of hydrogen-bond donors (Lipinski definition) is 0. The van der Waals surface area contributed by atoms with Crippen molar-refractivity contribution in [2.75, 3.05) is 0 Å². The van der Waals surface area contributed by atoms with Crippen LogP contribution in [0, 0.1) is 12.1 Å². The van der Waals surface area contributed by atoms with Gasteiger partial charge in [-0.05, 0) is 34.8 Å². The van der Waals surface area contributed by atoms with Gasteiger partial charge in [0.15, 0.2) is 0 Å². The maximum absolute atomic E-state index is 12.5. The second-order valence-corrected chi connectivity index (χ2v) is 12.3. The average Bonchev–Trinajstić information content (AvgIpc) is 2.35. The first kappa shape index (κ1) is 16.6. The van der Waals surface area contributed by atoms with Crippen LogP contribution < -0.4 is 9.37 Å². The molecule has 0 N–H and O–H groups in total. The fourth-order valence-electron chi connectivity index (χ4n) is 2.13. The molecule has 8 heteroatoms. The molecule has 3 nitrogen and oxygen atoms in total. The number of rotatable bonds is 3. The molecule has 0 bridgehead atoms. The summed E-state index contributed by atoms with van der Waals surface area (Å²) in [5.41, 5.74) is -5.46. The molecule has 0 amide bonds. The van der Waals surface area contributed by atoms with E-state index >= 15 is 0 Å². The number of fused-ring (bicyclic) bond motifs is 1. The molecule has 0 saturated carbocycles. The van der Waals surface area contributed by atoms with E-state index in [0.717, 1.165) is 0 Å². The molecule has 118 valence electrons. The Morgan fingerprint density at radius 2 is 1.77 bits per heavy atom. The number of benzene rings is 1. The highest BCUT2D eigenvalue weighted by Crippen LogP contribution is 2.29. The van der Waals surface area contributed by atoms with Crippen LogP contribution in [0.15, 0.2) is 24.3 Å². The van der Waals surface area contributed by atoms with Gasteiger partial charge in [0.25, 0.3) is 0 Å². The second-order valence-electron chi connectivity index (χ2n) is 5.74. The average molecular weight is 346 g/mol. The van der Waals surface area contributed by atoms with Crippen LogP contribution >= 0.6 is 0 Å². The zero-order chi connectivity index (χ0) is 16.8. The Labute approximate surface area is 127 Å². The molecule has 0 saturated heterocycles. The topological polar surface area (TPSA) is 43.4 Å². The molecule has 2 aromatic carbocycles. The van der Waals surface area contributed by atoms with Gasteiger partial charge in [-0.3, -0.25) is 0 Å². The van der Waals surface area contributed by atoms with Crippen molar-refractivity contribution in [1.82, 2.24) is 0 Å². The third kappa shape index (κ3) is 3.05. The van der Waals surface area contributed by atoms with E-state index in [4.69, 9.17) is 0 Å². The number of hydrogen-bond acceptors (Lipinski definition) is 3. The van der Waals surface area contributed by atoms with E-state index in [1.807, 2.05) is 19.6 Å². The van der Waals surface area contributed by atoms with Crippen molar-refractivity contribution in [1.29, 1.82) is 0 Å². The standard InChI is InChI=1S/C14H13F3O3SSi/c1-22(2,3)13-11-7-5-4-6-10(11)8-9-12(13)20-21(18,19)14(15,16)17/h5,7-9H,1-3H3. The summed E-state index contributed by atoms with van der Waals surface area (Å²) in [4.78, 5) is 0.